The molecule has 0 aliphatic rings. The minimum Gasteiger partial charge on any atom is -0.397 e. The van der Waals surface area contributed by atoms with Gasteiger partial charge in [-0.15, -0.1) is 0 Å². The molecule has 0 aromatic heterocycles. The second-order valence-electron chi connectivity index (χ2n) is 0.458. The van der Waals surface area contributed by atoms with Gasteiger partial charge in [-0.25, -0.2) is 0 Å². The SMILES string of the molecule is C=[N+]=[N-].CCO. The maximum absolute atomic E-state index is 7.57. The van der Waals surface area contributed by atoms with Gasteiger partial charge >= 0.3 is 0 Å². The molecule has 36 valence electrons. The van der Waals surface area contributed by atoms with E-state index in [2.05, 4.69) is 11.5 Å². The van der Waals surface area contributed by atoms with Gasteiger partial charge in [0, 0.05) is 6.61 Å². The zero-order valence-electron chi connectivity index (χ0n) is 3.76. The molecule has 0 aromatic carbocycles. The maximum atomic E-state index is 7.57. The smallest absolute Gasteiger partial charge is 0.245 e. The molecule has 3 heteroatoms. The van der Waals surface area contributed by atoms with Gasteiger partial charge in [-0.3, -0.25) is 0 Å². The summed E-state index contributed by atoms with van der Waals surface area (Å²) in [5.41, 5.74) is 7.08. The van der Waals surface area contributed by atoms with Gasteiger partial charge < -0.3 is 10.6 Å². The summed E-state index contributed by atoms with van der Waals surface area (Å²) in [6.07, 6.45) is 0. The molecule has 1 N–H and O–H groups in total. The number of hydrogen-bond acceptors (Lipinski definition) is 1. The second-order valence-corrected chi connectivity index (χ2v) is 0.458. The van der Waals surface area contributed by atoms with Crippen LogP contribution in [-0.2, 0) is 0 Å². The van der Waals surface area contributed by atoms with E-state index in [1.807, 2.05) is 0 Å². The van der Waals surface area contributed by atoms with Crippen molar-refractivity contribution >= 4 is 6.72 Å². The molecule has 3 nitrogen and oxygen atoms in total. The van der Waals surface area contributed by atoms with Gasteiger partial charge in [-0.1, -0.05) is 0 Å². The Labute approximate surface area is 36.9 Å². The molecular weight excluding hydrogens is 80.0 g/mol. The molecule has 0 fully saturated rings. The predicted octanol–water partition coefficient (Wildman–Crippen LogP) is -0.0846. The van der Waals surface area contributed by atoms with Crippen LogP contribution in [0.3, 0.4) is 0 Å². The first-order valence-corrected chi connectivity index (χ1v) is 1.54. The van der Waals surface area contributed by atoms with Crippen molar-refractivity contribution in [2.45, 2.75) is 6.92 Å². The summed E-state index contributed by atoms with van der Waals surface area (Å²) >= 11 is 0. The lowest BCUT2D eigenvalue weighted by Crippen LogP contribution is -1.57. The van der Waals surface area contributed by atoms with Gasteiger partial charge in [0.25, 0.3) is 0 Å². The van der Waals surface area contributed by atoms with Crippen molar-refractivity contribution in [3.8, 4) is 0 Å². The van der Waals surface area contributed by atoms with Crippen molar-refractivity contribution in [2.24, 2.45) is 0 Å². The lowest BCUT2D eigenvalue weighted by molar-refractivity contribution is 0.0110. The Kier molecular flexibility index (Phi) is 40.5. The fraction of sp³-hybridized carbons (Fsp3) is 0.667. The molecule has 0 saturated heterocycles. The molecule has 0 amide bonds. The quantitative estimate of drug-likeness (QED) is 0.251. The zero-order valence-corrected chi connectivity index (χ0v) is 3.76. The van der Waals surface area contributed by atoms with E-state index in [9.17, 15) is 0 Å². The van der Waals surface area contributed by atoms with Crippen LogP contribution in [0.5, 0.6) is 0 Å². The minimum atomic E-state index is 0.250. The van der Waals surface area contributed by atoms with Crippen LogP contribution in [0.15, 0.2) is 0 Å². The van der Waals surface area contributed by atoms with Crippen molar-refractivity contribution in [3.05, 3.63) is 5.53 Å². The number of hydrogen-bond donors (Lipinski definition) is 1. The molecule has 0 bridgehead atoms. The van der Waals surface area contributed by atoms with E-state index < -0.39 is 0 Å². The van der Waals surface area contributed by atoms with Gasteiger partial charge in [0.15, 0.2) is 0 Å². The standard InChI is InChI=1S/C2H6O.CH2N2/c1-2-3;1-3-2/h3H,2H2,1H3;1H2. The van der Waals surface area contributed by atoms with E-state index in [-0.39, 0.29) is 6.61 Å². The van der Waals surface area contributed by atoms with Gasteiger partial charge in [-0.05, 0) is 6.92 Å². The highest BCUT2D eigenvalue weighted by Crippen LogP contribution is 1.30. The summed E-state index contributed by atoms with van der Waals surface area (Å²) in [4.78, 5) is 2.25. The lowest BCUT2D eigenvalue weighted by Gasteiger charge is -1.52. The molecular formula is C3H8N2O. The fourth-order valence-corrected chi connectivity index (χ4v) is 0. The maximum Gasteiger partial charge on any atom is 0.245 e. The molecule has 0 aliphatic carbocycles. The van der Waals surface area contributed by atoms with Crippen LogP contribution in [-0.4, -0.2) is 23.2 Å². The number of nitrogens with zero attached hydrogens (tertiary/aromatic N) is 2. The van der Waals surface area contributed by atoms with Crippen LogP contribution in [0.2, 0.25) is 0 Å². The normalized spacial score (nSPS) is 4.33. The second kappa shape index (κ2) is 27.0. The molecule has 0 heterocycles. The van der Waals surface area contributed by atoms with E-state index in [4.69, 9.17) is 10.6 Å². The molecule has 6 heavy (non-hydrogen) atoms. The lowest BCUT2D eigenvalue weighted by atomic mass is 10.9. The van der Waals surface area contributed by atoms with Crippen LogP contribution < -0.4 is 0 Å². The summed E-state index contributed by atoms with van der Waals surface area (Å²) in [5.74, 6) is 0. The van der Waals surface area contributed by atoms with Crippen molar-refractivity contribution < 1.29 is 9.90 Å². The molecule has 0 aliphatic heterocycles. The highest BCUT2D eigenvalue weighted by Gasteiger charge is 1.34. The minimum absolute atomic E-state index is 0.250. The average molecular weight is 88.1 g/mol. The van der Waals surface area contributed by atoms with Crippen LogP contribution >= 0.6 is 0 Å². The average Bonchev–Trinajstić information content (AvgIpc) is 1.39. The van der Waals surface area contributed by atoms with Crippen molar-refractivity contribution in [1.82, 2.24) is 0 Å². The topological polar surface area (TPSA) is 56.6 Å². The Morgan fingerprint density at radius 3 is 2.00 bits per heavy atom. The monoisotopic (exact) mass is 88.1 g/mol. The van der Waals surface area contributed by atoms with Gasteiger partial charge in [0.2, 0.25) is 6.72 Å². The highest BCUT2D eigenvalue weighted by molar-refractivity contribution is 5.12. The third-order valence-corrected chi connectivity index (χ3v) is 0. The molecule has 0 saturated carbocycles. The van der Waals surface area contributed by atoms with E-state index in [0.29, 0.717) is 0 Å². The van der Waals surface area contributed by atoms with Crippen molar-refractivity contribution in [2.75, 3.05) is 6.61 Å². The Balaban J connectivity index is 0. The van der Waals surface area contributed by atoms with E-state index in [1.165, 1.54) is 0 Å². The summed E-state index contributed by atoms with van der Waals surface area (Å²) < 4.78 is 0. The number of aliphatic hydroxyl groups excluding tert-OH is 1. The van der Waals surface area contributed by atoms with E-state index in [0.717, 1.165) is 0 Å². The van der Waals surface area contributed by atoms with Gasteiger partial charge in [0.05, 0.1) is 0 Å². The Hall–Kier alpha value is -0.660. The Bertz CT molecular complexity index is 38.1. The fourth-order valence-electron chi connectivity index (χ4n) is 0. The largest absolute Gasteiger partial charge is 0.397 e. The molecule has 0 radical (unpaired) electrons. The number of rotatable bonds is 0. The van der Waals surface area contributed by atoms with Crippen molar-refractivity contribution in [3.63, 3.8) is 0 Å². The first kappa shape index (κ1) is 9.02. The first-order chi connectivity index (χ1) is 2.83. The van der Waals surface area contributed by atoms with Crippen LogP contribution in [0, 0.1) is 0 Å². The van der Waals surface area contributed by atoms with Gasteiger partial charge in [0.1, 0.15) is 0 Å². The number of aliphatic hydroxyl groups is 1. The molecule has 0 unspecified atom stereocenters. The molecule has 0 rings (SSSR count). The Morgan fingerprint density at radius 2 is 2.00 bits per heavy atom. The third-order valence-electron chi connectivity index (χ3n) is 0. The molecule has 0 spiro atoms. The summed E-state index contributed by atoms with van der Waals surface area (Å²) in [6.45, 7) is 4.60. The van der Waals surface area contributed by atoms with Gasteiger partial charge in [-0.2, -0.15) is 4.79 Å². The summed E-state index contributed by atoms with van der Waals surface area (Å²) in [7, 11) is 0. The molecule has 0 atom stereocenters. The summed E-state index contributed by atoms with van der Waals surface area (Å²) in [6, 6.07) is 0. The highest BCUT2D eigenvalue weighted by atomic mass is 16.2. The third kappa shape index (κ3) is 42.0. The van der Waals surface area contributed by atoms with E-state index in [1.54, 1.807) is 6.92 Å². The predicted molar refractivity (Wildman–Crippen MR) is 23.5 cm³/mol. The van der Waals surface area contributed by atoms with Crippen LogP contribution in [0.1, 0.15) is 6.92 Å². The van der Waals surface area contributed by atoms with Crippen LogP contribution in [0.25, 0.3) is 5.53 Å². The van der Waals surface area contributed by atoms with Crippen molar-refractivity contribution in [1.29, 1.82) is 0 Å². The zero-order chi connectivity index (χ0) is 5.41. The van der Waals surface area contributed by atoms with E-state index >= 15 is 0 Å². The Morgan fingerprint density at radius 1 is 2.00 bits per heavy atom. The molecule has 0 aromatic rings. The summed E-state index contributed by atoms with van der Waals surface area (Å²) in [5, 5.41) is 7.57. The van der Waals surface area contributed by atoms with Crippen LogP contribution in [0.4, 0.5) is 0 Å². The first-order valence-electron chi connectivity index (χ1n) is 1.54.